The zero-order chi connectivity index (χ0) is 22.8. The predicted octanol–water partition coefficient (Wildman–Crippen LogP) is 4.28. The number of aliphatic hydroxyl groups is 1. The Hall–Kier alpha value is -1.80. The number of aromatic nitrogens is 1. The van der Waals surface area contributed by atoms with Crippen molar-refractivity contribution in [1.29, 1.82) is 0 Å². The summed E-state index contributed by atoms with van der Waals surface area (Å²) >= 11 is 6.10. The summed E-state index contributed by atoms with van der Waals surface area (Å²) in [5, 5.41) is 19.2. The van der Waals surface area contributed by atoms with Crippen molar-refractivity contribution >= 4 is 28.6 Å². The maximum absolute atomic E-state index is 12.4. The number of carbonyl (C=O) groups excluding carboxylic acids is 1. The molecule has 0 aliphatic heterocycles. The summed E-state index contributed by atoms with van der Waals surface area (Å²) in [6.45, 7) is 7.86. The molecule has 0 spiro atoms. The van der Waals surface area contributed by atoms with Crippen molar-refractivity contribution in [1.82, 2.24) is 15.6 Å². The highest BCUT2D eigenvalue weighted by molar-refractivity contribution is 6.31. The van der Waals surface area contributed by atoms with Crippen LogP contribution < -0.4 is 10.6 Å². The van der Waals surface area contributed by atoms with Gasteiger partial charge in [0.1, 0.15) is 5.60 Å². The Labute approximate surface area is 188 Å². The van der Waals surface area contributed by atoms with Gasteiger partial charge in [0.15, 0.2) is 5.72 Å². The van der Waals surface area contributed by atoms with Gasteiger partial charge in [-0.15, -0.1) is 0 Å². The molecule has 4 atom stereocenters. The van der Waals surface area contributed by atoms with E-state index in [4.69, 9.17) is 21.1 Å². The number of nitrogens with one attached hydrogen (secondary N) is 3. The zero-order valence-corrected chi connectivity index (χ0v) is 19.7. The Kier molecular flexibility index (Phi) is 7.21. The fraction of sp³-hybridized carbons (Fsp3) is 0.609. The predicted molar refractivity (Wildman–Crippen MR) is 122 cm³/mol. The Morgan fingerprint density at radius 2 is 1.97 bits per heavy atom. The van der Waals surface area contributed by atoms with Gasteiger partial charge in [-0.05, 0) is 77.1 Å². The molecule has 4 N–H and O–H groups in total. The molecule has 0 radical (unpaired) electrons. The van der Waals surface area contributed by atoms with Crippen LogP contribution in [0.5, 0.6) is 0 Å². The molecule has 1 amide bonds. The molecule has 1 aliphatic rings. The third-order valence-corrected chi connectivity index (χ3v) is 5.87. The van der Waals surface area contributed by atoms with Crippen molar-refractivity contribution in [3.8, 4) is 0 Å². The summed E-state index contributed by atoms with van der Waals surface area (Å²) in [4.78, 5) is 15.7. The Balaban J connectivity index is 1.77. The molecule has 7 nitrogen and oxygen atoms in total. The van der Waals surface area contributed by atoms with Crippen molar-refractivity contribution in [3.05, 3.63) is 35.0 Å². The Bertz CT molecular complexity index is 906. The molecule has 0 bridgehead atoms. The Morgan fingerprint density at radius 1 is 1.23 bits per heavy atom. The number of methoxy groups -OCH3 is 1. The normalized spacial score (nSPS) is 24.0. The number of H-pyrrole nitrogens is 1. The van der Waals surface area contributed by atoms with E-state index >= 15 is 0 Å². The first-order valence-corrected chi connectivity index (χ1v) is 11.1. The Morgan fingerprint density at radius 3 is 2.65 bits per heavy atom. The fourth-order valence-corrected chi connectivity index (χ4v) is 4.42. The zero-order valence-electron chi connectivity index (χ0n) is 18.9. The lowest BCUT2D eigenvalue weighted by Crippen LogP contribution is -2.58. The van der Waals surface area contributed by atoms with Crippen LogP contribution in [0.1, 0.15) is 52.7 Å². The molecule has 3 rings (SSSR count). The van der Waals surface area contributed by atoms with E-state index in [0.717, 1.165) is 30.2 Å². The highest BCUT2D eigenvalue weighted by Crippen LogP contribution is 2.30. The quantitative estimate of drug-likeness (QED) is 0.491. The minimum atomic E-state index is -1.32. The molecule has 172 valence electrons. The number of hydrogen-bond donors (Lipinski definition) is 4. The van der Waals surface area contributed by atoms with Gasteiger partial charge < -0.3 is 24.9 Å². The minimum Gasteiger partial charge on any atom is -0.444 e. The van der Waals surface area contributed by atoms with E-state index in [-0.39, 0.29) is 12.1 Å². The SMILES string of the molecule is COC[C@H]1CC[C@H](NC(C)(O)c2cc3cc(Cl)ccc3[nH]2)[C@H](NC(=O)OC(C)(C)C)C1. The third kappa shape index (κ3) is 6.35. The number of amides is 1. The van der Waals surface area contributed by atoms with Crippen molar-refractivity contribution in [2.75, 3.05) is 13.7 Å². The van der Waals surface area contributed by atoms with Gasteiger partial charge in [-0.1, -0.05) is 11.6 Å². The van der Waals surface area contributed by atoms with Crippen LogP contribution >= 0.6 is 11.6 Å². The molecule has 1 heterocycles. The van der Waals surface area contributed by atoms with Crippen LogP contribution in [-0.4, -0.2) is 47.6 Å². The van der Waals surface area contributed by atoms with Crippen LogP contribution in [-0.2, 0) is 15.2 Å². The van der Waals surface area contributed by atoms with Gasteiger partial charge in [-0.3, -0.25) is 5.32 Å². The second-order valence-electron chi connectivity index (χ2n) is 9.62. The molecule has 2 aromatic rings. The average molecular weight is 452 g/mol. The van der Waals surface area contributed by atoms with Crippen LogP contribution in [0.15, 0.2) is 24.3 Å². The van der Waals surface area contributed by atoms with E-state index < -0.39 is 17.4 Å². The molecule has 1 aliphatic carbocycles. The van der Waals surface area contributed by atoms with Crippen molar-refractivity contribution < 1.29 is 19.4 Å². The number of aromatic amines is 1. The highest BCUT2D eigenvalue weighted by Gasteiger charge is 2.37. The molecule has 1 aromatic heterocycles. The van der Waals surface area contributed by atoms with Crippen LogP contribution in [0.3, 0.4) is 0 Å². The fourth-order valence-electron chi connectivity index (χ4n) is 4.24. The largest absolute Gasteiger partial charge is 0.444 e. The standard InChI is InChI=1S/C23H34ClN3O4/c1-22(2,3)31-21(28)26-19-10-14(13-30-5)6-8-18(19)27-23(4,29)20-12-15-11-16(24)7-9-17(15)25-20/h7,9,11-12,14,18-19,25,27,29H,6,8,10,13H2,1-5H3,(H,26,28)/t14-,18-,19+,23?/m0/s1. The summed E-state index contributed by atoms with van der Waals surface area (Å²) in [6.07, 6.45) is 2.01. The summed E-state index contributed by atoms with van der Waals surface area (Å²) < 4.78 is 10.8. The average Bonchev–Trinajstić information content (AvgIpc) is 3.06. The van der Waals surface area contributed by atoms with E-state index in [9.17, 15) is 9.90 Å². The number of hydrogen-bond acceptors (Lipinski definition) is 5. The van der Waals surface area contributed by atoms with E-state index in [0.29, 0.717) is 23.2 Å². The first-order valence-electron chi connectivity index (χ1n) is 10.7. The summed E-state index contributed by atoms with van der Waals surface area (Å²) in [5.41, 5.74) is -0.364. The summed E-state index contributed by atoms with van der Waals surface area (Å²) in [7, 11) is 1.69. The molecule has 0 saturated heterocycles. The number of rotatable bonds is 6. The number of alkyl carbamates (subject to hydrolysis) is 1. The van der Waals surface area contributed by atoms with E-state index in [1.807, 2.05) is 45.0 Å². The molecule has 1 aromatic carbocycles. The first kappa shape index (κ1) is 23.9. The summed E-state index contributed by atoms with van der Waals surface area (Å²) in [6, 6.07) is 7.11. The first-order chi connectivity index (χ1) is 14.5. The maximum atomic E-state index is 12.4. The smallest absolute Gasteiger partial charge is 0.407 e. The molecular formula is C23H34ClN3O4. The third-order valence-electron chi connectivity index (χ3n) is 5.64. The van der Waals surface area contributed by atoms with Crippen LogP contribution in [0.2, 0.25) is 5.02 Å². The van der Waals surface area contributed by atoms with Crippen LogP contribution in [0.4, 0.5) is 4.79 Å². The van der Waals surface area contributed by atoms with Gasteiger partial charge >= 0.3 is 6.09 Å². The van der Waals surface area contributed by atoms with E-state index in [1.165, 1.54) is 0 Å². The molecule has 1 fully saturated rings. The van der Waals surface area contributed by atoms with Crippen LogP contribution in [0, 0.1) is 5.92 Å². The highest BCUT2D eigenvalue weighted by atomic mass is 35.5. The molecule has 1 unspecified atom stereocenters. The van der Waals surface area contributed by atoms with Gasteiger partial charge in [-0.2, -0.15) is 0 Å². The lowest BCUT2D eigenvalue weighted by molar-refractivity contribution is -0.0132. The minimum absolute atomic E-state index is 0.134. The molecular weight excluding hydrogens is 418 g/mol. The maximum Gasteiger partial charge on any atom is 0.407 e. The van der Waals surface area contributed by atoms with E-state index in [1.54, 1.807) is 14.0 Å². The number of halogens is 1. The molecule has 31 heavy (non-hydrogen) atoms. The number of carbonyl (C=O) groups is 1. The second-order valence-corrected chi connectivity index (χ2v) is 10.1. The van der Waals surface area contributed by atoms with Gasteiger partial charge in [0.05, 0.1) is 5.69 Å². The van der Waals surface area contributed by atoms with Gasteiger partial charge in [-0.25, -0.2) is 4.79 Å². The topological polar surface area (TPSA) is 95.6 Å². The molecule has 1 saturated carbocycles. The lowest BCUT2D eigenvalue weighted by Gasteiger charge is -2.40. The molecule has 8 heteroatoms. The van der Waals surface area contributed by atoms with E-state index in [2.05, 4.69) is 15.6 Å². The van der Waals surface area contributed by atoms with Gasteiger partial charge in [0, 0.05) is 41.7 Å². The number of ether oxygens (including phenoxy) is 2. The summed E-state index contributed by atoms with van der Waals surface area (Å²) in [5.74, 6) is 0.336. The van der Waals surface area contributed by atoms with Crippen LogP contribution in [0.25, 0.3) is 10.9 Å². The monoisotopic (exact) mass is 451 g/mol. The second kappa shape index (κ2) is 9.36. The van der Waals surface area contributed by atoms with Crippen molar-refractivity contribution in [3.63, 3.8) is 0 Å². The number of benzene rings is 1. The van der Waals surface area contributed by atoms with Crippen molar-refractivity contribution in [2.24, 2.45) is 5.92 Å². The lowest BCUT2D eigenvalue weighted by atomic mass is 9.82. The number of fused-ring (bicyclic) bond motifs is 1. The van der Waals surface area contributed by atoms with Gasteiger partial charge in [0.25, 0.3) is 0 Å². The van der Waals surface area contributed by atoms with Crippen molar-refractivity contribution in [2.45, 2.75) is 70.4 Å². The van der Waals surface area contributed by atoms with Gasteiger partial charge in [0.2, 0.25) is 0 Å².